The fraction of sp³-hybridized carbons (Fsp3) is 0.571. The van der Waals surface area contributed by atoms with Gasteiger partial charge in [-0.1, -0.05) is 12.2 Å². The van der Waals surface area contributed by atoms with Crippen molar-refractivity contribution in [2.45, 2.75) is 18.9 Å². The minimum atomic E-state index is -0.236. The standard InChI is InChI=1S/C7H12N2O/c8-6-3-1-2-5(4-6)7(9)10/h1,3,5-6H,2,4,8H2,(H2,9,10). The van der Waals surface area contributed by atoms with Crippen molar-refractivity contribution >= 4 is 5.91 Å². The first kappa shape index (κ1) is 7.28. The maximum absolute atomic E-state index is 10.6. The Hall–Kier alpha value is -0.830. The molecule has 10 heavy (non-hydrogen) atoms. The van der Waals surface area contributed by atoms with Gasteiger partial charge >= 0.3 is 0 Å². The Balaban J connectivity index is 2.52. The van der Waals surface area contributed by atoms with Crippen LogP contribution >= 0.6 is 0 Å². The molecule has 3 nitrogen and oxygen atoms in total. The van der Waals surface area contributed by atoms with E-state index >= 15 is 0 Å². The molecule has 0 heterocycles. The largest absolute Gasteiger partial charge is 0.369 e. The van der Waals surface area contributed by atoms with Crippen LogP contribution in [0.5, 0.6) is 0 Å². The molecular formula is C7H12N2O. The second kappa shape index (κ2) is 2.84. The van der Waals surface area contributed by atoms with Crippen LogP contribution in [0.25, 0.3) is 0 Å². The lowest BCUT2D eigenvalue weighted by Gasteiger charge is -2.18. The number of amides is 1. The summed E-state index contributed by atoms with van der Waals surface area (Å²) in [6, 6.07) is 0.0197. The van der Waals surface area contributed by atoms with E-state index in [2.05, 4.69) is 0 Å². The maximum Gasteiger partial charge on any atom is 0.220 e. The Morgan fingerprint density at radius 3 is 2.70 bits per heavy atom. The molecule has 0 aromatic rings. The lowest BCUT2D eigenvalue weighted by molar-refractivity contribution is -0.122. The van der Waals surface area contributed by atoms with Crippen molar-refractivity contribution in [2.75, 3.05) is 0 Å². The molecule has 0 bridgehead atoms. The van der Waals surface area contributed by atoms with E-state index in [0.717, 1.165) is 6.42 Å². The molecule has 56 valence electrons. The highest BCUT2D eigenvalue weighted by Crippen LogP contribution is 2.16. The van der Waals surface area contributed by atoms with Crippen LogP contribution in [0.1, 0.15) is 12.8 Å². The van der Waals surface area contributed by atoms with Crippen LogP contribution in [0.4, 0.5) is 0 Å². The summed E-state index contributed by atoms with van der Waals surface area (Å²) >= 11 is 0. The van der Waals surface area contributed by atoms with Crippen molar-refractivity contribution in [2.24, 2.45) is 17.4 Å². The van der Waals surface area contributed by atoms with Gasteiger partial charge in [0.1, 0.15) is 0 Å². The SMILES string of the molecule is NC(=O)C1CC=CC(N)C1. The molecule has 3 heteroatoms. The van der Waals surface area contributed by atoms with Gasteiger partial charge in [-0.2, -0.15) is 0 Å². The third-order valence-electron chi connectivity index (χ3n) is 1.76. The Kier molecular flexibility index (Phi) is 2.06. The fourth-order valence-electron chi connectivity index (χ4n) is 1.15. The van der Waals surface area contributed by atoms with Gasteiger partial charge in [0, 0.05) is 12.0 Å². The fourth-order valence-corrected chi connectivity index (χ4v) is 1.15. The summed E-state index contributed by atoms with van der Waals surface area (Å²) in [6.07, 6.45) is 5.29. The first-order chi connectivity index (χ1) is 4.70. The predicted octanol–water partition coefficient (Wildman–Crippen LogP) is -0.235. The molecule has 0 saturated heterocycles. The van der Waals surface area contributed by atoms with Crippen LogP contribution < -0.4 is 11.5 Å². The molecule has 2 unspecified atom stereocenters. The molecule has 1 amide bonds. The first-order valence-corrected chi connectivity index (χ1v) is 3.41. The van der Waals surface area contributed by atoms with Gasteiger partial charge < -0.3 is 11.5 Å². The van der Waals surface area contributed by atoms with E-state index in [1.54, 1.807) is 0 Å². The highest BCUT2D eigenvalue weighted by atomic mass is 16.1. The maximum atomic E-state index is 10.6. The third-order valence-corrected chi connectivity index (χ3v) is 1.76. The zero-order valence-electron chi connectivity index (χ0n) is 5.79. The van der Waals surface area contributed by atoms with Gasteiger partial charge in [0.2, 0.25) is 5.91 Å². The highest BCUT2D eigenvalue weighted by molar-refractivity contribution is 5.77. The van der Waals surface area contributed by atoms with Gasteiger partial charge in [0.15, 0.2) is 0 Å². The number of carbonyl (C=O) groups is 1. The van der Waals surface area contributed by atoms with Crippen molar-refractivity contribution in [1.29, 1.82) is 0 Å². The third kappa shape index (κ3) is 1.57. The lowest BCUT2D eigenvalue weighted by Crippen LogP contribution is -2.32. The Morgan fingerprint density at radius 1 is 1.60 bits per heavy atom. The van der Waals surface area contributed by atoms with Crippen molar-refractivity contribution in [3.8, 4) is 0 Å². The van der Waals surface area contributed by atoms with E-state index < -0.39 is 0 Å². The molecule has 1 aliphatic rings. The van der Waals surface area contributed by atoms with Crippen LogP contribution in [0.15, 0.2) is 12.2 Å². The molecule has 0 aromatic carbocycles. The van der Waals surface area contributed by atoms with Crippen LogP contribution in [0.3, 0.4) is 0 Å². The number of rotatable bonds is 1. The summed E-state index contributed by atoms with van der Waals surface area (Å²) in [4.78, 5) is 10.6. The van der Waals surface area contributed by atoms with Crippen LogP contribution in [-0.2, 0) is 4.79 Å². The summed E-state index contributed by atoms with van der Waals surface area (Å²) in [5.74, 6) is -0.278. The van der Waals surface area contributed by atoms with E-state index in [-0.39, 0.29) is 17.9 Å². The number of primary amides is 1. The van der Waals surface area contributed by atoms with Gasteiger partial charge in [0.25, 0.3) is 0 Å². The van der Waals surface area contributed by atoms with E-state index in [4.69, 9.17) is 11.5 Å². The number of allylic oxidation sites excluding steroid dienone is 1. The first-order valence-electron chi connectivity index (χ1n) is 3.41. The minimum Gasteiger partial charge on any atom is -0.369 e. The van der Waals surface area contributed by atoms with Gasteiger partial charge in [-0.3, -0.25) is 4.79 Å². The monoisotopic (exact) mass is 140 g/mol. The van der Waals surface area contributed by atoms with E-state index in [9.17, 15) is 4.79 Å². The topological polar surface area (TPSA) is 69.1 Å². The predicted molar refractivity (Wildman–Crippen MR) is 39.0 cm³/mol. The average Bonchev–Trinajstić information content (AvgIpc) is 1.88. The summed E-state index contributed by atoms with van der Waals surface area (Å²) < 4.78 is 0. The molecule has 4 N–H and O–H groups in total. The average molecular weight is 140 g/mol. The number of nitrogens with two attached hydrogens (primary N) is 2. The Morgan fingerprint density at radius 2 is 2.30 bits per heavy atom. The van der Waals surface area contributed by atoms with Gasteiger partial charge in [0.05, 0.1) is 0 Å². The smallest absolute Gasteiger partial charge is 0.220 e. The van der Waals surface area contributed by atoms with Gasteiger partial charge in [-0.05, 0) is 12.8 Å². The minimum absolute atomic E-state index is 0.0197. The Bertz CT molecular complexity index is 165. The van der Waals surface area contributed by atoms with Crippen molar-refractivity contribution < 1.29 is 4.79 Å². The second-order valence-electron chi connectivity index (χ2n) is 2.66. The molecule has 0 fully saturated rings. The van der Waals surface area contributed by atoms with Crippen molar-refractivity contribution in [3.63, 3.8) is 0 Å². The number of carbonyl (C=O) groups excluding carboxylic acids is 1. The lowest BCUT2D eigenvalue weighted by atomic mass is 9.91. The molecule has 0 spiro atoms. The van der Waals surface area contributed by atoms with Crippen LogP contribution in [-0.4, -0.2) is 11.9 Å². The zero-order chi connectivity index (χ0) is 7.56. The normalized spacial score (nSPS) is 32.1. The Labute approximate surface area is 60.1 Å². The highest BCUT2D eigenvalue weighted by Gasteiger charge is 2.19. The molecule has 0 saturated carbocycles. The molecule has 0 aliphatic heterocycles. The van der Waals surface area contributed by atoms with E-state index in [1.807, 2.05) is 12.2 Å². The van der Waals surface area contributed by atoms with Crippen LogP contribution in [0, 0.1) is 5.92 Å². The van der Waals surface area contributed by atoms with Crippen molar-refractivity contribution in [3.05, 3.63) is 12.2 Å². The van der Waals surface area contributed by atoms with Gasteiger partial charge in [-0.15, -0.1) is 0 Å². The van der Waals surface area contributed by atoms with Crippen LogP contribution in [0.2, 0.25) is 0 Å². The van der Waals surface area contributed by atoms with Crippen molar-refractivity contribution in [1.82, 2.24) is 0 Å². The number of hydrogen-bond donors (Lipinski definition) is 2. The zero-order valence-corrected chi connectivity index (χ0v) is 5.79. The molecule has 1 aliphatic carbocycles. The van der Waals surface area contributed by atoms with E-state index in [0.29, 0.717) is 6.42 Å². The van der Waals surface area contributed by atoms with E-state index in [1.165, 1.54) is 0 Å². The number of hydrogen-bond acceptors (Lipinski definition) is 2. The second-order valence-corrected chi connectivity index (χ2v) is 2.66. The summed E-state index contributed by atoms with van der Waals surface area (Å²) in [5.41, 5.74) is 10.7. The quantitative estimate of drug-likeness (QED) is 0.494. The molecule has 1 rings (SSSR count). The van der Waals surface area contributed by atoms with Gasteiger partial charge in [-0.25, -0.2) is 0 Å². The summed E-state index contributed by atoms with van der Waals surface area (Å²) in [6.45, 7) is 0. The summed E-state index contributed by atoms with van der Waals surface area (Å²) in [5, 5.41) is 0. The molecule has 0 aromatic heterocycles. The molecule has 2 atom stereocenters. The summed E-state index contributed by atoms with van der Waals surface area (Å²) in [7, 11) is 0. The molecular weight excluding hydrogens is 128 g/mol. The molecule has 0 radical (unpaired) electrons.